The Morgan fingerprint density at radius 2 is 2.11 bits per heavy atom. The maximum Gasteiger partial charge on any atom is 0.305 e. The first kappa shape index (κ1) is 22.4. The second-order valence-electron chi connectivity index (χ2n) is 7.40. The van der Waals surface area contributed by atoms with E-state index < -0.39 is 6.10 Å². The van der Waals surface area contributed by atoms with Crippen LogP contribution in [0.15, 0.2) is 18.2 Å². The second kappa shape index (κ2) is 11.9. The zero-order valence-corrected chi connectivity index (χ0v) is 18.2. The quantitative estimate of drug-likeness (QED) is 0.309. The molecule has 1 aromatic carbocycles. The summed E-state index contributed by atoms with van der Waals surface area (Å²) >= 11 is 0. The monoisotopic (exact) mass is 412 g/mol. The molecule has 1 N–H and O–H groups in total. The van der Waals surface area contributed by atoms with Gasteiger partial charge in [0, 0.05) is 17.4 Å². The molecule has 1 heterocycles. The van der Waals surface area contributed by atoms with Crippen molar-refractivity contribution in [3.63, 3.8) is 0 Å². The molecular formula is C21H32O4S2. The average molecular weight is 413 g/mol. The van der Waals surface area contributed by atoms with Gasteiger partial charge in [0.05, 0.1) is 0 Å². The first-order valence-corrected chi connectivity index (χ1v) is 12.2. The predicted octanol–water partition coefficient (Wildman–Crippen LogP) is 5.12. The van der Waals surface area contributed by atoms with Gasteiger partial charge in [-0.15, -0.1) is 0 Å². The Morgan fingerprint density at radius 1 is 1.30 bits per heavy atom. The number of ether oxygens (including phenoxy) is 2. The topological polar surface area (TPSA) is 55.8 Å². The number of hydrogen-bond acceptors (Lipinski definition) is 6. The molecule has 27 heavy (non-hydrogen) atoms. The van der Waals surface area contributed by atoms with Gasteiger partial charge < -0.3 is 14.6 Å². The summed E-state index contributed by atoms with van der Waals surface area (Å²) in [5.74, 6) is 2.21. The molecule has 1 aliphatic heterocycles. The molecule has 1 unspecified atom stereocenters. The number of carbonyl (C=O) groups is 1. The highest BCUT2D eigenvalue weighted by Crippen LogP contribution is 2.39. The summed E-state index contributed by atoms with van der Waals surface area (Å²) < 4.78 is 10.9. The molecule has 0 radical (unpaired) electrons. The highest BCUT2D eigenvalue weighted by Gasteiger charge is 2.16. The van der Waals surface area contributed by atoms with E-state index in [2.05, 4.69) is 19.9 Å². The number of carbonyl (C=O) groups excluding carboxylic acids is 1. The van der Waals surface area contributed by atoms with Gasteiger partial charge in [-0.25, -0.2) is 0 Å². The summed E-state index contributed by atoms with van der Waals surface area (Å²) in [6.45, 7) is 6.35. The lowest BCUT2D eigenvalue weighted by Crippen LogP contribution is -2.25. The van der Waals surface area contributed by atoms with E-state index in [-0.39, 0.29) is 19.2 Å². The fourth-order valence-corrected chi connectivity index (χ4v) is 5.86. The first-order valence-electron chi connectivity index (χ1n) is 9.81. The number of aryl methyl sites for hydroxylation is 1. The van der Waals surface area contributed by atoms with E-state index in [4.69, 9.17) is 9.47 Å². The number of esters is 1. The summed E-state index contributed by atoms with van der Waals surface area (Å²) in [6.07, 6.45) is 3.98. The maximum atomic E-state index is 11.8. The van der Waals surface area contributed by atoms with Crippen molar-refractivity contribution in [3.8, 4) is 5.75 Å². The predicted molar refractivity (Wildman–Crippen MR) is 115 cm³/mol. The molecule has 0 saturated carbocycles. The minimum Gasteiger partial charge on any atom is -0.490 e. The lowest BCUT2D eigenvalue weighted by molar-refractivity contribution is -0.147. The molecule has 1 saturated heterocycles. The van der Waals surface area contributed by atoms with E-state index in [1.807, 2.05) is 40.6 Å². The van der Waals surface area contributed by atoms with Crippen LogP contribution in [0.25, 0.3) is 0 Å². The molecule has 1 aromatic rings. The van der Waals surface area contributed by atoms with E-state index in [1.165, 1.54) is 24.2 Å². The van der Waals surface area contributed by atoms with Gasteiger partial charge in [0.15, 0.2) is 0 Å². The van der Waals surface area contributed by atoms with Crippen molar-refractivity contribution in [2.45, 2.75) is 70.1 Å². The molecule has 0 aromatic heterocycles. The van der Waals surface area contributed by atoms with Crippen LogP contribution in [0, 0.1) is 6.92 Å². The van der Waals surface area contributed by atoms with Crippen molar-refractivity contribution < 1.29 is 19.4 Å². The molecule has 1 fully saturated rings. The van der Waals surface area contributed by atoms with Crippen LogP contribution in [-0.4, -0.2) is 41.4 Å². The largest absolute Gasteiger partial charge is 0.490 e. The third-order valence-corrected chi connectivity index (χ3v) is 7.64. The van der Waals surface area contributed by atoms with Crippen molar-refractivity contribution in [2.75, 3.05) is 19.0 Å². The highest BCUT2D eigenvalue weighted by molar-refractivity contribution is 8.77. The summed E-state index contributed by atoms with van der Waals surface area (Å²) in [6, 6.07) is 6.13. The van der Waals surface area contributed by atoms with Gasteiger partial charge >= 0.3 is 5.97 Å². The van der Waals surface area contributed by atoms with Crippen molar-refractivity contribution >= 4 is 27.6 Å². The molecule has 0 amide bonds. The van der Waals surface area contributed by atoms with Crippen LogP contribution in [0.4, 0.5) is 0 Å². The molecule has 0 bridgehead atoms. The normalized spacial score (nSPS) is 17.9. The zero-order chi connectivity index (χ0) is 19.6. The summed E-state index contributed by atoms with van der Waals surface area (Å²) in [5, 5.41) is 10.8. The summed E-state index contributed by atoms with van der Waals surface area (Å²) in [4.78, 5) is 11.8. The minimum atomic E-state index is -0.817. The molecule has 152 valence electrons. The first-order chi connectivity index (χ1) is 13.0. The Morgan fingerprint density at radius 3 is 2.81 bits per heavy atom. The van der Waals surface area contributed by atoms with Gasteiger partial charge in [0.1, 0.15) is 25.1 Å². The third-order valence-electron chi connectivity index (χ3n) is 4.63. The average Bonchev–Trinajstić information content (AvgIpc) is 3.16. The fraction of sp³-hybridized carbons (Fsp3) is 0.667. The lowest BCUT2D eigenvalue weighted by atomic mass is 10.0. The summed E-state index contributed by atoms with van der Waals surface area (Å²) in [5.41, 5.74) is 2.23. The van der Waals surface area contributed by atoms with Gasteiger partial charge in [-0.3, -0.25) is 4.79 Å². The van der Waals surface area contributed by atoms with Gasteiger partial charge in [0.2, 0.25) is 0 Å². The number of unbranched alkanes of at least 4 members (excludes halogenated alkanes) is 1. The van der Waals surface area contributed by atoms with Crippen LogP contribution in [0.3, 0.4) is 0 Å². The van der Waals surface area contributed by atoms with Crippen LogP contribution < -0.4 is 4.74 Å². The Bertz CT molecular complexity index is 586. The molecule has 0 aliphatic carbocycles. The number of aliphatic hydroxyl groups is 1. The Balaban J connectivity index is 1.60. The van der Waals surface area contributed by atoms with E-state index in [1.54, 1.807) is 0 Å². The number of rotatable bonds is 11. The maximum absolute atomic E-state index is 11.8. The second-order valence-corrected chi connectivity index (χ2v) is 10.2. The van der Waals surface area contributed by atoms with Gasteiger partial charge in [0.25, 0.3) is 0 Å². The van der Waals surface area contributed by atoms with E-state index in [0.717, 1.165) is 29.4 Å². The van der Waals surface area contributed by atoms with Crippen LogP contribution >= 0.6 is 21.6 Å². The van der Waals surface area contributed by atoms with E-state index >= 15 is 0 Å². The van der Waals surface area contributed by atoms with Crippen LogP contribution in [0.5, 0.6) is 5.75 Å². The number of aliphatic hydroxyl groups excluding tert-OH is 1. The fourth-order valence-electron chi connectivity index (χ4n) is 2.83. The molecular weight excluding hydrogens is 380 g/mol. The Labute approximate surface area is 171 Å². The molecule has 4 nitrogen and oxygen atoms in total. The van der Waals surface area contributed by atoms with Gasteiger partial charge in [-0.2, -0.15) is 0 Å². The number of hydrogen-bond donors (Lipinski definition) is 1. The van der Waals surface area contributed by atoms with Crippen molar-refractivity contribution in [1.82, 2.24) is 0 Å². The minimum absolute atomic E-state index is 0.0170. The smallest absolute Gasteiger partial charge is 0.305 e. The lowest BCUT2D eigenvalue weighted by Gasteiger charge is -2.16. The molecule has 2 rings (SSSR count). The standard InChI is InChI=1S/C21H32O4S2/c1-15(2)17-9-8-16(3)20(12-17)24-13-18(22)14-25-21(23)7-5-4-6-19-10-11-26-27-19/h8-9,12,15,18-19,22H,4-7,10-11,13-14H2,1-3H3/t18?,19-/m1/s1. The van der Waals surface area contributed by atoms with E-state index in [0.29, 0.717) is 12.3 Å². The van der Waals surface area contributed by atoms with Crippen molar-refractivity contribution in [1.29, 1.82) is 0 Å². The molecule has 6 heteroatoms. The van der Waals surface area contributed by atoms with Crippen LogP contribution in [0.2, 0.25) is 0 Å². The van der Waals surface area contributed by atoms with E-state index in [9.17, 15) is 9.90 Å². The molecule has 2 atom stereocenters. The van der Waals surface area contributed by atoms with Crippen molar-refractivity contribution in [2.24, 2.45) is 0 Å². The molecule has 0 spiro atoms. The third kappa shape index (κ3) is 8.36. The SMILES string of the molecule is Cc1ccc(C(C)C)cc1OCC(O)COC(=O)CCCC[C@@H]1CCSS1. The van der Waals surface area contributed by atoms with Gasteiger partial charge in [-0.1, -0.05) is 54.0 Å². The van der Waals surface area contributed by atoms with Crippen LogP contribution in [0.1, 0.15) is 63.0 Å². The zero-order valence-electron chi connectivity index (χ0n) is 16.6. The van der Waals surface area contributed by atoms with Crippen molar-refractivity contribution in [3.05, 3.63) is 29.3 Å². The van der Waals surface area contributed by atoms with Gasteiger partial charge in [-0.05, 0) is 49.3 Å². The van der Waals surface area contributed by atoms with Crippen LogP contribution in [-0.2, 0) is 9.53 Å². The summed E-state index contributed by atoms with van der Waals surface area (Å²) in [7, 11) is 3.92. The number of benzene rings is 1. The highest BCUT2D eigenvalue weighted by atomic mass is 33.1. The Kier molecular flexibility index (Phi) is 9.87. The Hall–Kier alpha value is -0.850. The molecule has 1 aliphatic rings.